The van der Waals surface area contributed by atoms with Gasteiger partial charge in [0.1, 0.15) is 0 Å². The summed E-state index contributed by atoms with van der Waals surface area (Å²) < 4.78 is 26.2. The Morgan fingerprint density at radius 1 is 1.29 bits per heavy atom. The molecule has 1 aliphatic heterocycles. The standard InChI is InChI=1S/C11H13Br2NO2S/c1-8-2-4-9(5-3-8)17(15,16)14-7-6-10(14)11(12)13/h2-5,10-11H,6-7H2,1H3. The maximum atomic E-state index is 12.3. The number of halogens is 2. The van der Waals surface area contributed by atoms with Crippen LogP contribution in [0.3, 0.4) is 0 Å². The first kappa shape index (κ1) is 13.5. The summed E-state index contributed by atoms with van der Waals surface area (Å²) in [6, 6.07) is 6.97. The monoisotopic (exact) mass is 381 g/mol. The zero-order valence-electron chi connectivity index (χ0n) is 9.31. The minimum Gasteiger partial charge on any atom is -0.207 e. The van der Waals surface area contributed by atoms with Gasteiger partial charge in [-0.15, -0.1) is 0 Å². The Labute approximate surface area is 119 Å². The van der Waals surface area contributed by atoms with E-state index in [1.165, 1.54) is 4.31 Å². The van der Waals surface area contributed by atoms with Gasteiger partial charge in [-0.05, 0) is 25.5 Å². The van der Waals surface area contributed by atoms with E-state index in [1.54, 1.807) is 12.1 Å². The third-order valence-electron chi connectivity index (χ3n) is 2.93. The van der Waals surface area contributed by atoms with Gasteiger partial charge >= 0.3 is 0 Å². The van der Waals surface area contributed by atoms with Gasteiger partial charge in [0.05, 0.1) is 8.63 Å². The number of hydrogen-bond acceptors (Lipinski definition) is 2. The van der Waals surface area contributed by atoms with Crippen LogP contribution in [0.25, 0.3) is 0 Å². The van der Waals surface area contributed by atoms with E-state index < -0.39 is 10.0 Å². The molecule has 6 heteroatoms. The summed E-state index contributed by atoms with van der Waals surface area (Å²) in [6.45, 7) is 2.53. The highest BCUT2D eigenvalue weighted by atomic mass is 79.9. The lowest BCUT2D eigenvalue weighted by Gasteiger charge is -2.40. The second kappa shape index (κ2) is 4.99. The Balaban J connectivity index is 2.28. The summed E-state index contributed by atoms with van der Waals surface area (Å²) in [6.07, 6.45) is 0.881. The lowest BCUT2D eigenvalue weighted by molar-refractivity contribution is 0.217. The van der Waals surface area contributed by atoms with E-state index in [9.17, 15) is 8.42 Å². The Morgan fingerprint density at radius 2 is 1.88 bits per heavy atom. The Bertz CT molecular complexity index is 499. The van der Waals surface area contributed by atoms with Gasteiger partial charge in [-0.3, -0.25) is 0 Å². The molecular formula is C11H13Br2NO2S. The largest absolute Gasteiger partial charge is 0.243 e. The van der Waals surface area contributed by atoms with Crippen molar-refractivity contribution in [2.75, 3.05) is 6.54 Å². The fraction of sp³-hybridized carbons (Fsp3) is 0.455. The maximum Gasteiger partial charge on any atom is 0.243 e. The van der Waals surface area contributed by atoms with Crippen molar-refractivity contribution >= 4 is 41.9 Å². The molecule has 3 nitrogen and oxygen atoms in total. The fourth-order valence-corrected chi connectivity index (χ4v) is 4.87. The van der Waals surface area contributed by atoms with E-state index >= 15 is 0 Å². The van der Waals surface area contributed by atoms with Gasteiger partial charge in [0.2, 0.25) is 10.0 Å². The van der Waals surface area contributed by atoms with E-state index in [2.05, 4.69) is 31.9 Å². The zero-order chi connectivity index (χ0) is 12.6. The Hall–Kier alpha value is 0.0900. The van der Waals surface area contributed by atoms with Crippen LogP contribution in [0.4, 0.5) is 0 Å². The average molecular weight is 383 g/mol. The van der Waals surface area contributed by atoms with Gasteiger partial charge in [-0.2, -0.15) is 4.31 Å². The van der Waals surface area contributed by atoms with Crippen LogP contribution in [0.5, 0.6) is 0 Å². The van der Waals surface area contributed by atoms with E-state index in [-0.39, 0.29) is 9.78 Å². The topological polar surface area (TPSA) is 37.4 Å². The van der Waals surface area contributed by atoms with Crippen LogP contribution in [-0.4, -0.2) is 29.0 Å². The highest BCUT2D eigenvalue weighted by Crippen LogP contribution is 2.33. The number of rotatable bonds is 3. The Morgan fingerprint density at radius 3 is 2.29 bits per heavy atom. The van der Waals surface area contributed by atoms with Crippen LogP contribution < -0.4 is 0 Å². The maximum absolute atomic E-state index is 12.3. The molecule has 1 heterocycles. The predicted molar refractivity (Wildman–Crippen MR) is 75.1 cm³/mol. The van der Waals surface area contributed by atoms with Gasteiger partial charge in [0, 0.05) is 12.6 Å². The lowest BCUT2D eigenvalue weighted by Crippen LogP contribution is -2.53. The number of sulfonamides is 1. The second-order valence-corrected chi connectivity index (χ2v) is 9.21. The molecule has 94 valence electrons. The van der Waals surface area contributed by atoms with Crippen molar-refractivity contribution < 1.29 is 8.42 Å². The molecule has 1 atom stereocenters. The minimum atomic E-state index is -3.34. The summed E-state index contributed by atoms with van der Waals surface area (Å²) in [7, 11) is -3.34. The second-order valence-electron chi connectivity index (χ2n) is 4.12. The van der Waals surface area contributed by atoms with Crippen LogP contribution >= 0.6 is 31.9 Å². The molecule has 0 aromatic heterocycles. The quantitative estimate of drug-likeness (QED) is 0.753. The summed E-state index contributed by atoms with van der Waals surface area (Å²) >= 11 is 6.76. The molecule has 0 saturated carbocycles. The number of alkyl halides is 2. The van der Waals surface area contributed by atoms with Crippen molar-refractivity contribution in [2.45, 2.75) is 28.0 Å². The molecule has 1 aromatic rings. The number of benzene rings is 1. The molecule has 1 aromatic carbocycles. The molecule has 1 fully saturated rings. The van der Waals surface area contributed by atoms with Crippen molar-refractivity contribution in [3.8, 4) is 0 Å². The molecule has 0 amide bonds. The molecule has 2 rings (SSSR count). The molecule has 0 bridgehead atoms. The van der Waals surface area contributed by atoms with Gasteiger partial charge in [0.15, 0.2) is 0 Å². The zero-order valence-corrected chi connectivity index (χ0v) is 13.3. The first-order chi connectivity index (χ1) is 7.93. The number of nitrogens with zero attached hydrogens (tertiary/aromatic N) is 1. The summed E-state index contributed by atoms with van der Waals surface area (Å²) in [5, 5.41) is 0. The highest BCUT2D eigenvalue weighted by molar-refractivity contribution is 9.24. The molecule has 0 aliphatic carbocycles. The molecule has 0 spiro atoms. The molecule has 1 saturated heterocycles. The molecular weight excluding hydrogens is 370 g/mol. The predicted octanol–water partition coefficient (Wildman–Crippen LogP) is 2.87. The van der Waals surface area contributed by atoms with E-state index in [0.717, 1.165) is 12.0 Å². The SMILES string of the molecule is Cc1ccc(S(=O)(=O)N2CCC2C(Br)Br)cc1. The number of hydrogen-bond donors (Lipinski definition) is 0. The fourth-order valence-electron chi connectivity index (χ4n) is 1.78. The van der Waals surface area contributed by atoms with Crippen molar-refractivity contribution in [3.63, 3.8) is 0 Å². The summed E-state index contributed by atoms with van der Waals surface area (Å²) in [4.78, 5) is 0.369. The van der Waals surface area contributed by atoms with Gasteiger partial charge in [-0.1, -0.05) is 49.6 Å². The molecule has 17 heavy (non-hydrogen) atoms. The van der Waals surface area contributed by atoms with Gasteiger partial charge in [-0.25, -0.2) is 8.42 Å². The first-order valence-corrected chi connectivity index (χ1v) is 8.57. The lowest BCUT2D eigenvalue weighted by atomic mass is 10.1. The van der Waals surface area contributed by atoms with Gasteiger partial charge in [0.25, 0.3) is 0 Å². The molecule has 0 N–H and O–H groups in total. The third-order valence-corrected chi connectivity index (χ3v) is 6.09. The van der Waals surface area contributed by atoms with Crippen LogP contribution in [0.15, 0.2) is 29.2 Å². The smallest absolute Gasteiger partial charge is 0.207 e. The molecule has 1 aliphatic rings. The van der Waals surface area contributed by atoms with E-state index in [1.807, 2.05) is 19.1 Å². The van der Waals surface area contributed by atoms with Crippen molar-refractivity contribution in [1.29, 1.82) is 0 Å². The first-order valence-electron chi connectivity index (χ1n) is 5.29. The van der Waals surface area contributed by atoms with Crippen molar-refractivity contribution in [1.82, 2.24) is 4.31 Å². The highest BCUT2D eigenvalue weighted by Gasteiger charge is 2.41. The Kier molecular flexibility index (Phi) is 3.97. The van der Waals surface area contributed by atoms with Crippen molar-refractivity contribution in [2.24, 2.45) is 0 Å². The van der Waals surface area contributed by atoms with Gasteiger partial charge < -0.3 is 0 Å². The summed E-state index contributed by atoms with van der Waals surface area (Å²) in [5.41, 5.74) is 1.06. The van der Waals surface area contributed by atoms with E-state index in [4.69, 9.17) is 0 Å². The van der Waals surface area contributed by atoms with Crippen molar-refractivity contribution in [3.05, 3.63) is 29.8 Å². The summed E-state index contributed by atoms with van der Waals surface area (Å²) in [5.74, 6) is 0. The average Bonchev–Trinajstić information content (AvgIpc) is 2.14. The van der Waals surface area contributed by atoms with Crippen LogP contribution in [0.1, 0.15) is 12.0 Å². The normalized spacial score (nSPS) is 21.5. The number of aryl methyl sites for hydroxylation is 1. The molecule has 1 unspecified atom stereocenters. The minimum absolute atomic E-state index is 0.00121. The third kappa shape index (κ3) is 2.59. The van der Waals surface area contributed by atoms with E-state index in [0.29, 0.717) is 11.4 Å². The van der Waals surface area contributed by atoms with Crippen LogP contribution in [0.2, 0.25) is 0 Å². The molecule has 0 radical (unpaired) electrons. The van der Waals surface area contributed by atoms with Crippen LogP contribution in [0, 0.1) is 6.92 Å². The van der Waals surface area contributed by atoms with Crippen LogP contribution in [-0.2, 0) is 10.0 Å².